The van der Waals surface area contributed by atoms with E-state index in [1.807, 2.05) is 60.0 Å². The molecule has 0 saturated carbocycles. The third kappa shape index (κ3) is 4.67. The standard InChI is InChI=1S/C19H13BrN4O2S2/c20-14-8-6-12(7-9-14)15-10-27-18(21-15)22-16(25)11-28-19-24-23-17(26-19)13-4-2-1-3-5-13/h1-10H,11H2,(H,21,22,25). The Labute approximate surface area is 177 Å². The quantitative estimate of drug-likeness (QED) is 0.380. The van der Waals surface area contributed by atoms with Crippen LogP contribution in [0.25, 0.3) is 22.7 Å². The van der Waals surface area contributed by atoms with Crippen molar-refractivity contribution < 1.29 is 9.21 Å². The number of amides is 1. The molecule has 2 aromatic carbocycles. The minimum absolute atomic E-state index is 0.156. The first kappa shape index (κ1) is 18.9. The number of hydrogen-bond donors (Lipinski definition) is 1. The minimum Gasteiger partial charge on any atom is -0.411 e. The fourth-order valence-electron chi connectivity index (χ4n) is 2.33. The van der Waals surface area contributed by atoms with Gasteiger partial charge in [-0.25, -0.2) is 4.98 Å². The van der Waals surface area contributed by atoms with Gasteiger partial charge in [0.25, 0.3) is 5.22 Å². The number of nitrogens with one attached hydrogen (secondary N) is 1. The Hall–Kier alpha value is -2.49. The van der Waals surface area contributed by atoms with Crippen molar-refractivity contribution in [3.63, 3.8) is 0 Å². The van der Waals surface area contributed by atoms with Gasteiger partial charge in [-0.2, -0.15) is 0 Å². The van der Waals surface area contributed by atoms with E-state index >= 15 is 0 Å². The Morgan fingerprint density at radius 2 is 1.86 bits per heavy atom. The summed E-state index contributed by atoms with van der Waals surface area (Å²) in [6.45, 7) is 0. The molecule has 2 heterocycles. The van der Waals surface area contributed by atoms with Crippen molar-refractivity contribution >= 4 is 50.1 Å². The molecule has 4 rings (SSSR count). The molecule has 0 radical (unpaired) electrons. The second kappa shape index (κ2) is 8.68. The normalized spacial score (nSPS) is 10.8. The van der Waals surface area contributed by atoms with Crippen LogP contribution in [0.15, 0.2) is 74.1 Å². The second-order valence-corrected chi connectivity index (χ2v) is 8.32. The van der Waals surface area contributed by atoms with E-state index in [9.17, 15) is 4.79 Å². The molecule has 0 unspecified atom stereocenters. The van der Waals surface area contributed by atoms with Gasteiger partial charge in [0.15, 0.2) is 5.13 Å². The molecule has 0 saturated heterocycles. The summed E-state index contributed by atoms with van der Waals surface area (Å²) in [6.07, 6.45) is 0. The van der Waals surface area contributed by atoms with Gasteiger partial charge >= 0.3 is 0 Å². The van der Waals surface area contributed by atoms with Gasteiger partial charge in [-0.05, 0) is 24.3 Å². The average Bonchev–Trinajstić information content (AvgIpc) is 3.37. The van der Waals surface area contributed by atoms with E-state index in [0.717, 1.165) is 21.3 Å². The molecule has 4 aromatic rings. The first-order chi connectivity index (χ1) is 13.7. The number of thiazole rings is 1. The highest BCUT2D eigenvalue weighted by Crippen LogP contribution is 2.27. The van der Waals surface area contributed by atoms with Crippen molar-refractivity contribution in [3.8, 4) is 22.7 Å². The predicted octanol–water partition coefficient (Wildman–Crippen LogP) is 5.35. The van der Waals surface area contributed by atoms with Gasteiger partial charge in [-0.3, -0.25) is 4.79 Å². The molecular formula is C19H13BrN4O2S2. The highest BCUT2D eigenvalue weighted by molar-refractivity contribution is 9.10. The number of carbonyl (C=O) groups is 1. The van der Waals surface area contributed by atoms with Crippen LogP contribution in [-0.2, 0) is 4.79 Å². The molecule has 1 amide bonds. The lowest BCUT2D eigenvalue weighted by atomic mass is 10.2. The van der Waals surface area contributed by atoms with E-state index in [2.05, 4.69) is 36.4 Å². The first-order valence-corrected chi connectivity index (χ1v) is 10.9. The van der Waals surface area contributed by atoms with E-state index in [4.69, 9.17) is 4.42 Å². The topological polar surface area (TPSA) is 80.9 Å². The van der Waals surface area contributed by atoms with E-state index in [1.54, 1.807) is 0 Å². The Bertz CT molecular complexity index is 1080. The zero-order chi connectivity index (χ0) is 19.3. The Balaban J connectivity index is 1.33. The number of anilines is 1. The molecule has 9 heteroatoms. The molecule has 2 aromatic heterocycles. The predicted molar refractivity (Wildman–Crippen MR) is 114 cm³/mol. The lowest BCUT2D eigenvalue weighted by Gasteiger charge is -1.99. The zero-order valence-corrected chi connectivity index (χ0v) is 17.6. The van der Waals surface area contributed by atoms with E-state index in [0.29, 0.717) is 16.2 Å². The summed E-state index contributed by atoms with van der Waals surface area (Å²) in [4.78, 5) is 16.7. The summed E-state index contributed by atoms with van der Waals surface area (Å²) in [5, 5.41) is 13.6. The maximum atomic E-state index is 12.2. The summed E-state index contributed by atoms with van der Waals surface area (Å²) in [5.41, 5.74) is 2.66. The van der Waals surface area contributed by atoms with Crippen molar-refractivity contribution in [2.45, 2.75) is 5.22 Å². The van der Waals surface area contributed by atoms with Crippen LogP contribution in [0.3, 0.4) is 0 Å². The number of carbonyl (C=O) groups excluding carboxylic acids is 1. The van der Waals surface area contributed by atoms with Crippen LogP contribution in [0.4, 0.5) is 5.13 Å². The van der Waals surface area contributed by atoms with Crippen molar-refractivity contribution in [1.82, 2.24) is 15.2 Å². The van der Waals surface area contributed by atoms with Crippen LogP contribution in [-0.4, -0.2) is 26.8 Å². The van der Waals surface area contributed by atoms with Gasteiger partial charge < -0.3 is 9.73 Å². The summed E-state index contributed by atoms with van der Waals surface area (Å²) >= 11 is 5.98. The third-order valence-electron chi connectivity index (χ3n) is 3.64. The fourth-order valence-corrected chi connectivity index (χ4v) is 3.90. The number of aromatic nitrogens is 3. The highest BCUT2D eigenvalue weighted by atomic mass is 79.9. The van der Waals surface area contributed by atoms with Gasteiger partial charge in [0.05, 0.1) is 11.4 Å². The minimum atomic E-state index is -0.179. The van der Waals surface area contributed by atoms with E-state index < -0.39 is 0 Å². The maximum Gasteiger partial charge on any atom is 0.277 e. The third-order valence-corrected chi connectivity index (χ3v) is 5.75. The van der Waals surface area contributed by atoms with Crippen molar-refractivity contribution in [2.24, 2.45) is 0 Å². The van der Waals surface area contributed by atoms with Crippen LogP contribution < -0.4 is 5.32 Å². The molecule has 1 N–H and O–H groups in total. The molecule has 0 spiro atoms. The van der Waals surface area contributed by atoms with Crippen molar-refractivity contribution in [2.75, 3.05) is 11.1 Å². The van der Waals surface area contributed by atoms with Crippen molar-refractivity contribution in [1.29, 1.82) is 0 Å². The average molecular weight is 473 g/mol. The van der Waals surface area contributed by atoms with Crippen LogP contribution in [0.5, 0.6) is 0 Å². The monoisotopic (exact) mass is 472 g/mol. The smallest absolute Gasteiger partial charge is 0.277 e. The van der Waals surface area contributed by atoms with E-state index in [1.165, 1.54) is 23.1 Å². The molecule has 6 nitrogen and oxygen atoms in total. The number of benzene rings is 2. The van der Waals surface area contributed by atoms with Gasteiger partial charge in [0.1, 0.15) is 0 Å². The molecule has 0 bridgehead atoms. The number of thioether (sulfide) groups is 1. The zero-order valence-electron chi connectivity index (χ0n) is 14.3. The number of halogens is 1. The molecule has 0 aliphatic heterocycles. The summed E-state index contributed by atoms with van der Waals surface area (Å²) in [6, 6.07) is 17.4. The SMILES string of the molecule is O=C(CSc1nnc(-c2ccccc2)o1)Nc1nc(-c2ccc(Br)cc2)cs1. The Morgan fingerprint density at radius 1 is 1.07 bits per heavy atom. The van der Waals surface area contributed by atoms with Crippen molar-refractivity contribution in [3.05, 3.63) is 64.5 Å². The Morgan fingerprint density at radius 3 is 2.64 bits per heavy atom. The van der Waals surface area contributed by atoms with Crippen LogP contribution in [0, 0.1) is 0 Å². The molecule has 28 heavy (non-hydrogen) atoms. The lowest BCUT2D eigenvalue weighted by molar-refractivity contribution is -0.113. The van der Waals surface area contributed by atoms with Gasteiger partial charge in [0.2, 0.25) is 11.8 Å². The van der Waals surface area contributed by atoms with E-state index in [-0.39, 0.29) is 11.7 Å². The summed E-state index contributed by atoms with van der Waals surface area (Å²) in [7, 11) is 0. The number of hydrogen-bond acceptors (Lipinski definition) is 7. The fraction of sp³-hybridized carbons (Fsp3) is 0.0526. The van der Waals surface area contributed by atoms with Crippen LogP contribution in [0.1, 0.15) is 0 Å². The first-order valence-electron chi connectivity index (χ1n) is 8.20. The molecule has 0 aliphatic carbocycles. The van der Waals surface area contributed by atoms with Gasteiger partial charge in [0, 0.05) is 21.0 Å². The second-order valence-electron chi connectivity index (χ2n) is 5.62. The largest absolute Gasteiger partial charge is 0.411 e. The number of nitrogens with zero attached hydrogens (tertiary/aromatic N) is 3. The summed E-state index contributed by atoms with van der Waals surface area (Å²) < 4.78 is 6.59. The molecule has 0 atom stereocenters. The molecule has 0 fully saturated rings. The lowest BCUT2D eigenvalue weighted by Crippen LogP contribution is -2.13. The highest BCUT2D eigenvalue weighted by Gasteiger charge is 2.12. The van der Waals surface area contributed by atoms with Gasteiger partial charge in [-0.15, -0.1) is 21.5 Å². The number of rotatable bonds is 6. The molecular weight excluding hydrogens is 460 g/mol. The Kier molecular flexibility index (Phi) is 5.84. The maximum absolute atomic E-state index is 12.2. The molecule has 0 aliphatic rings. The molecule has 140 valence electrons. The van der Waals surface area contributed by atoms with Gasteiger partial charge in [-0.1, -0.05) is 58.0 Å². The summed E-state index contributed by atoms with van der Waals surface area (Å²) in [5.74, 6) is 0.410. The van der Waals surface area contributed by atoms with Crippen LogP contribution in [0.2, 0.25) is 0 Å². The van der Waals surface area contributed by atoms with Crippen LogP contribution >= 0.6 is 39.0 Å².